The summed E-state index contributed by atoms with van der Waals surface area (Å²) in [6, 6.07) is 1.75. The summed E-state index contributed by atoms with van der Waals surface area (Å²) in [6.07, 6.45) is -7.15. The molecule has 10 heteroatoms. The van der Waals surface area contributed by atoms with Crippen LogP contribution in [-0.4, -0.2) is 33.9 Å². The maximum absolute atomic E-state index is 12.3. The Kier molecular flexibility index (Phi) is 3.97. The minimum Gasteiger partial charge on any atom is -0.382 e. The van der Waals surface area contributed by atoms with Gasteiger partial charge in [0, 0.05) is 4.88 Å². The van der Waals surface area contributed by atoms with E-state index in [0.29, 0.717) is 10.2 Å². The highest BCUT2D eigenvalue weighted by Gasteiger charge is 2.38. The summed E-state index contributed by atoms with van der Waals surface area (Å²) in [6.45, 7) is 1.14. The Hall–Kier alpha value is -1.65. The molecule has 0 aliphatic rings. The van der Waals surface area contributed by atoms with Crippen LogP contribution in [0, 0.1) is 6.92 Å². The molecule has 0 spiro atoms. The van der Waals surface area contributed by atoms with Gasteiger partial charge in [-0.25, -0.2) is 10.8 Å². The molecule has 2 aromatic rings. The monoisotopic (exact) mass is 307 g/mol. The van der Waals surface area contributed by atoms with E-state index in [1.807, 2.05) is 6.92 Å². The molecule has 0 aliphatic carbocycles. The van der Waals surface area contributed by atoms with Crippen LogP contribution in [0.5, 0.6) is 0 Å². The Balaban J connectivity index is 2.28. The van der Waals surface area contributed by atoms with Crippen LogP contribution in [0.4, 0.5) is 24.9 Å². The summed E-state index contributed by atoms with van der Waals surface area (Å²) in [5.74, 6) is 5.49. The van der Waals surface area contributed by atoms with Crippen molar-refractivity contribution in [2.45, 2.75) is 19.2 Å². The second-order valence-electron chi connectivity index (χ2n) is 4.05. The van der Waals surface area contributed by atoms with E-state index in [-0.39, 0.29) is 11.8 Å². The molecule has 5 N–H and O–H groups in total. The zero-order chi connectivity index (χ0) is 14.9. The smallest absolute Gasteiger partial charge is 0.382 e. The molecule has 0 fully saturated rings. The van der Waals surface area contributed by atoms with Crippen LogP contribution in [0.3, 0.4) is 0 Å². The van der Waals surface area contributed by atoms with Gasteiger partial charge in [-0.15, -0.1) is 11.3 Å². The molecule has 2 aromatic heterocycles. The summed E-state index contributed by atoms with van der Waals surface area (Å²) in [4.78, 5) is 9.58. The number of alkyl halides is 3. The predicted molar refractivity (Wildman–Crippen MR) is 70.5 cm³/mol. The van der Waals surface area contributed by atoms with Crippen molar-refractivity contribution in [3.05, 3.63) is 10.9 Å². The van der Waals surface area contributed by atoms with Gasteiger partial charge in [-0.1, -0.05) is 0 Å². The molecule has 2 rings (SSSR count). The van der Waals surface area contributed by atoms with E-state index in [1.54, 1.807) is 6.07 Å². The first-order valence-electron chi connectivity index (χ1n) is 5.54. The number of aryl methyl sites for hydroxylation is 1. The number of halogens is 3. The van der Waals surface area contributed by atoms with E-state index in [9.17, 15) is 13.2 Å². The summed E-state index contributed by atoms with van der Waals surface area (Å²) < 4.78 is 36.8. The molecule has 1 unspecified atom stereocenters. The summed E-state index contributed by atoms with van der Waals surface area (Å²) >= 11 is 1.36. The van der Waals surface area contributed by atoms with Crippen LogP contribution in [0.1, 0.15) is 4.88 Å². The van der Waals surface area contributed by atoms with E-state index in [0.717, 1.165) is 4.88 Å². The maximum Gasteiger partial charge on any atom is 0.416 e. The Labute approximate surface area is 115 Å². The zero-order valence-electron chi connectivity index (χ0n) is 10.3. The third kappa shape index (κ3) is 3.08. The Bertz CT molecular complexity index is 615. The number of fused-ring (bicyclic) bond motifs is 1. The van der Waals surface area contributed by atoms with Crippen LogP contribution >= 0.6 is 11.3 Å². The molecule has 0 amide bonds. The highest BCUT2D eigenvalue weighted by molar-refractivity contribution is 7.18. The number of anilines is 2. The van der Waals surface area contributed by atoms with Crippen LogP contribution in [0.25, 0.3) is 10.2 Å². The van der Waals surface area contributed by atoms with E-state index in [2.05, 4.69) is 20.7 Å². The second kappa shape index (κ2) is 5.38. The highest BCUT2D eigenvalue weighted by Crippen LogP contribution is 2.30. The summed E-state index contributed by atoms with van der Waals surface area (Å²) in [7, 11) is 0. The Morgan fingerprint density at radius 3 is 2.75 bits per heavy atom. The van der Waals surface area contributed by atoms with Crippen LogP contribution < -0.4 is 16.6 Å². The van der Waals surface area contributed by atoms with Crippen molar-refractivity contribution in [1.82, 2.24) is 9.97 Å². The lowest BCUT2D eigenvalue weighted by atomic mass is 10.3. The molecule has 1 atom stereocenters. The first-order valence-corrected chi connectivity index (χ1v) is 6.36. The fourth-order valence-corrected chi connectivity index (χ4v) is 2.43. The molecule has 20 heavy (non-hydrogen) atoms. The quantitative estimate of drug-likeness (QED) is 0.506. The number of hydrogen-bond donors (Lipinski definition) is 4. The van der Waals surface area contributed by atoms with Gasteiger partial charge in [0.25, 0.3) is 0 Å². The summed E-state index contributed by atoms with van der Waals surface area (Å²) in [5, 5.41) is 12.0. The number of aromatic nitrogens is 2. The SMILES string of the molecule is Cc1cc2c(NCC(O)C(F)(F)F)nc(NN)nc2s1. The first-order chi connectivity index (χ1) is 9.31. The highest BCUT2D eigenvalue weighted by atomic mass is 32.1. The number of nitrogens with two attached hydrogens (primary N) is 1. The van der Waals surface area contributed by atoms with Gasteiger partial charge >= 0.3 is 6.18 Å². The van der Waals surface area contributed by atoms with Crippen molar-refractivity contribution in [2.24, 2.45) is 5.84 Å². The molecule has 0 saturated heterocycles. The van der Waals surface area contributed by atoms with Gasteiger partial charge in [0.2, 0.25) is 5.95 Å². The third-order valence-electron chi connectivity index (χ3n) is 2.49. The molecule has 0 aliphatic heterocycles. The second-order valence-corrected chi connectivity index (χ2v) is 5.29. The molecular weight excluding hydrogens is 295 g/mol. The van der Waals surface area contributed by atoms with Crippen LogP contribution in [0.15, 0.2) is 6.07 Å². The fraction of sp³-hybridized carbons (Fsp3) is 0.400. The Morgan fingerprint density at radius 2 is 2.15 bits per heavy atom. The van der Waals surface area contributed by atoms with Crippen molar-refractivity contribution in [1.29, 1.82) is 0 Å². The lowest BCUT2D eigenvalue weighted by molar-refractivity contribution is -0.198. The number of nitrogen functional groups attached to an aromatic ring is 1. The van der Waals surface area contributed by atoms with E-state index in [1.165, 1.54) is 11.3 Å². The van der Waals surface area contributed by atoms with Gasteiger partial charge in [0.15, 0.2) is 6.10 Å². The van der Waals surface area contributed by atoms with Crippen molar-refractivity contribution in [2.75, 3.05) is 17.3 Å². The number of hydrogen-bond acceptors (Lipinski definition) is 7. The minimum absolute atomic E-state index is 0.0864. The van der Waals surface area contributed by atoms with E-state index in [4.69, 9.17) is 10.9 Å². The standard InChI is InChI=1S/C10H12F3N5OS/c1-4-2-5-7(15-3-6(19)10(11,12)13)16-9(18-14)17-8(5)20-4/h2,6,19H,3,14H2,1H3,(H2,15,16,17,18). The average molecular weight is 307 g/mol. The lowest BCUT2D eigenvalue weighted by Gasteiger charge is -2.15. The number of aliphatic hydroxyl groups is 1. The largest absolute Gasteiger partial charge is 0.416 e. The first kappa shape index (κ1) is 14.8. The summed E-state index contributed by atoms with van der Waals surface area (Å²) in [5.41, 5.74) is 2.25. The number of rotatable bonds is 4. The van der Waals surface area contributed by atoms with E-state index >= 15 is 0 Å². The topological polar surface area (TPSA) is 96.1 Å². The molecule has 6 nitrogen and oxygen atoms in total. The number of nitrogens with one attached hydrogen (secondary N) is 2. The molecule has 0 radical (unpaired) electrons. The molecule has 0 aromatic carbocycles. The molecule has 0 bridgehead atoms. The van der Waals surface area contributed by atoms with Gasteiger partial charge in [-0.3, -0.25) is 5.43 Å². The molecule has 110 valence electrons. The number of aliphatic hydroxyl groups excluding tert-OH is 1. The van der Waals surface area contributed by atoms with Crippen molar-refractivity contribution < 1.29 is 18.3 Å². The van der Waals surface area contributed by atoms with Gasteiger partial charge in [0.1, 0.15) is 10.6 Å². The van der Waals surface area contributed by atoms with Crippen molar-refractivity contribution >= 4 is 33.3 Å². The number of nitrogens with zero attached hydrogens (tertiary/aromatic N) is 2. The average Bonchev–Trinajstić information content (AvgIpc) is 2.74. The number of thiophene rings is 1. The Morgan fingerprint density at radius 1 is 1.45 bits per heavy atom. The maximum atomic E-state index is 12.3. The van der Waals surface area contributed by atoms with Crippen molar-refractivity contribution in [3.8, 4) is 0 Å². The third-order valence-corrected chi connectivity index (χ3v) is 3.43. The van der Waals surface area contributed by atoms with Gasteiger partial charge in [-0.05, 0) is 13.0 Å². The predicted octanol–water partition coefficient (Wildman–Crippen LogP) is 1.62. The fourth-order valence-electron chi connectivity index (χ4n) is 1.55. The van der Waals surface area contributed by atoms with Crippen molar-refractivity contribution in [3.63, 3.8) is 0 Å². The van der Waals surface area contributed by atoms with Gasteiger partial charge < -0.3 is 10.4 Å². The zero-order valence-corrected chi connectivity index (χ0v) is 11.1. The molecule has 0 saturated carbocycles. The number of hydrazine groups is 1. The van der Waals surface area contributed by atoms with E-state index < -0.39 is 18.8 Å². The molecular formula is C10H12F3N5OS. The lowest BCUT2D eigenvalue weighted by Crippen LogP contribution is -2.35. The van der Waals surface area contributed by atoms with Gasteiger partial charge in [-0.2, -0.15) is 18.2 Å². The van der Waals surface area contributed by atoms with Crippen LogP contribution in [0.2, 0.25) is 0 Å². The van der Waals surface area contributed by atoms with Crippen LogP contribution in [-0.2, 0) is 0 Å². The minimum atomic E-state index is -4.68. The van der Waals surface area contributed by atoms with Gasteiger partial charge in [0.05, 0.1) is 11.9 Å². The normalized spacial score (nSPS) is 13.5. The molecule has 2 heterocycles.